The van der Waals surface area contributed by atoms with E-state index in [1.165, 1.54) is 25.3 Å². The van der Waals surface area contributed by atoms with Crippen LogP contribution in [0.1, 0.15) is 15.9 Å². The van der Waals surface area contributed by atoms with Crippen LogP contribution in [0, 0.1) is 0 Å². The molecule has 0 fully saturated rings. The molecule has 0 unspecified atom stereocenters. The molecule has 2 aromatic carbocycles. The number of amides is 1. The fourth-order valence-electron chi connectivity index (χ4n) is 1.87. The molecule has 2 rings (SSSR count). The third-order valence-corrected chi connectivity index (χ3v) is 3.30. The van der Waals surface area contributed by atoms with Gasteiger partial charge in [0, 0.05) is 17.1 Å². The molecule has 0 aliphatic heterocycles. The average Bonchev–Trinajstić information content (AvgIpc) is 2.47. The number of phenols is 2. The Kier molecular flexibility index (Phi) is 4.55. The summed E-state index contributed by atoms with van der Waals surface area (Å²) < 4.78 is 5.18. The molecule has 0 aromatic heterocycles. The molecule has 1 amide bonds. The Hall–Kier alpha value is -2.40. The molecular weight excluding hydrogens is 294 g/mol. The summed E-state index contributed by atoms with van der Waals surface area (Å²) in [7, 11) is 1.51. The number of aromatic hydroxyl groups is 2. The molecule has 0 heterocycles. The fraction of sp³-hybridized carbons (Fsp3) is 0.133. The number of nitrogens with one attached hydrogen (secondary N) is 1. The third-order valence-electron chi connectivity index (χ3n) is 2.95. The molecule has 6 heteroatoms. The molecule has 0 saturated carbocycles. The summed E-state index contributed by atoms with van der Waals surface area (Å²) in [6, 6.07) is 8.90. The van der Waals surface area contributed by atoms with Crippen LogP contribution in [0.5, 0.6) is 17.2 Å². The first-order valence-electron chi connectivity index (χ1n) is 6.14. The van der Waals surface area contributed by atoms with Crippen molar-refractivity contribution in [3.05, 3.63) is 52.5 Å². The van der Waals surface area contributed by atoms with Gasteiger partial charge in [0.15, 0.2) is 0 Å². The molecule has 0 bridgehead atoms. The Morgan fingerprint density at radius 3 is 2.76 bits per heavy atom. The number of carbonyl (C=O) groups is 1. The van der Waals surface area contributed by atoms with E-state index in [0.717, 1.165) is 0 Å². The lowest BCUT2D eigenvalue weighted by molar-refractivity contribution is 0.0947. The van der Waals surface area contributed by atoms with Gasteiger partial charge in [-0.3, -0.25) is 4.79 Å². The number of hydrogen-bond acceptors (Lipinski definition) is 4. The van der Waals surface area contributed by atoms with Crippen LogP contribution in [-0.2, 0) is 6.54 Å². The molecule has 0 aliphatic rings. The number of carbonyl (C=O) groups excluding carboxylic acids is 1. The van der Waals surface area contributed by atoms with E-state index in [0.29, 0.717) is 16.3 Å². The van der Waals surface area contributed by atoms with Gasteiger partial charge in [-0.2, -0.15) is 0 Å². The Morgan fingerprint density at radius 1 is 1.29 bits per heavy atom. The highest BCUT2D eigenvalue weighted by molar-refractivity contribution is 6.31. The van der Waals surface area contributed by atoms with Crippen LogP contribution in [0.3, 0.4) is 0 Å². The van der Waals surface area contributed by atoms with Gasteiger partial charge in [0.05, 0.1) is 12.7 Å². The maximum atomic E-state index is 12.0. The number of rotatable bonds is 4. The molecule has 2 aromatic rings. The molecule has 5 nitrogen and oxygen atoms in total. The highest BCUT2D eigenvalue weighted by Gasteiger charge is 2.14. The number of phenolic OH excluding ortho intramolecular Hbond substituents is 2. The highest BCUT2D eigenvalue weighted by Crippen LogP contribution is 2.26. The van der Waals surface area contributed by atoms with E-state index in [9.17, 15) is 15.0 Å². The smallest absolute Gasteiger partial charge is 0.255 e. The summed E-state index contributed by atoms with van der Waals surface area (Å²) in [5, 5.41) is 22.1. The fourth-order valence-corrected chi connectivity index (χ4v) is 2.10. The van der Waals surface area contributed by atoms with Crippen LogP contribution in [0.2, 0.25) is 5.02 Å². The van der Waals surface area contributed by atoms with Gasteiger partial charge in [-0.25, -0.2) is 0 Å². The highest BCUT2D eigenvalue weighted by atomic mass is 35.5. The molecule has 0 atom stereocenters. The lowest BCUT2D eigenvalue weighted by atomic mass is 10.1. The SMILES string of the molecule is COc1cccc(Cl)c1CNC(=O)c1cc(O)ccc1O. The average molecular weight is 308 g/mol. The molecule has 0 spiro atoms. The Morgan fingerprint density at radius 2 is 2.05 bits per heavy atom. The third kappa shape index (κ3) is 3.38. The second kappa shape index (κ2) is 6.37. The van der Waals surface area contributed by atoms with Crippen LogP contribution in [0.15, 0.2) is 36.4 Å². The van der Waals surface area contributed by atoms with Crippen molar-refractivity contribution in [3.8, 4) is 17.2 Å². The second-order valence-corrected chi connectivity index (χ2v) is 4.71. The lowest BCUT2D eigenvalue weighted by Gasteiger charge is -2.12. The lowest BCUT2D eigenvalue weighted by Crippen LogP contribution is -2.23. The first kappa shape index (κ1) is 15.0. The molecule has 0 aliphatic carbocycles. The summed E-state index contributed by atoms with van der Waals surface area (Å²) in [6.45, 7) is 0.136. The Labute approximate surface area is 126 Å². The largest absolute Gasteiger partial charge is 0.508 e. The van der Waals surface area contributed by atoms with Crippen molar-refractivity contribution in [1.29, 1.82) is 0 Å². The van der Waals surface area contributed by atoms with E-state index in [4.69, 9.17) is 16.3 Å². The topological polar surface area (TPSA) is 78.8 Å². The minimum absolute atomic E-state index is 0.0129. The summed E-state index contributed by atoms with van der Waals surface area (Å²) >= 11 is 6.07. The van der Waals surface area contributed by atoms with Crippen LogP contribution in [-0.4, -0.2) is 23.2 Å². The normalized spacial score (nSPS) is 10.2. The van der Waals surface area contributed by atoms with E-state index in [2.05, 4.69) is 5.32 Å². The van der Waals surface area contributed by atoms with Gasteiger partial charge < -0.3 is 20.3 Å². The number of hydrogen-bond donors (Lipinski definition) is 3. The number of methoxy groups -OCH3 is 1. The second-order valence-electron chi connectivity index (χ2n) is 4.30. The van der Waals surface area contributed by atoms with Crippen LogP contribution in [0.4, 0.5) is 0 Å². The summed E-state index contributed by atoms with van der Waals surface area (Å²) in [4.78, 5) is 12.0. The van der Waals surface area contributed by atoms with Gasteiger partial charge in [-0.15, -0.1) is 0 Å². The first-order valence-corrected chi connectivity index (χ1v) is 6.52. The van der Waals surface area contributed by atoms with E-state index < -0.39 is 5.91 Å². The first-order chi connectivity index (χ1) is 10.0. The number of benzene rings is 2. The van der Waals surface area contributed by atoms with Crippen molar-refractivity contribution in [2.75, 3.05) is 7.11 Å². The van der Waals surface area contributed by atoms with E-state index in [-0.39, 0.29) is 23.6 Å². The van der Waals surface area contributed by atoms with Crippen molar-refractivity contribution in [1.82, 2.24) is 5.32 Å². The summed E-state index contributed by atoms with van der Waals surface area (Å²) in [6.07, 6.45) is 0. The predicted octanol–water partition coefficient (Wildman–Crippen LogP) is 2.69. The summed E-state index contributed by atoms with van der Waals surface area (Å²) in [5.41, 5.74) is 0.621. The van der Waals surface area contributed by atoms with Gasteiger partial charge in [0.25, 0.3) is 5.91 Å². The zero-order valence-corrected chi connectivity index (χ0v) is 12.0. The van der Waals surface area contributed by atoms with E-state index in [1.807, 2.05) is 0 Å². The van der Waals surface area contributed by atoms with Crippen molar-refractivity contribution in [2.24, 2.45) is 0 Å². The molecule has 21 heavy (non-hydrogen) atoms. The maximum absolute atomic E-state index is 12.0. The zero-order valence-electron chi connectivity index (χ0n) is 11.3. The van der Waals surface area contributed by atoms with E-state index >= 15 is 0 Å². The van der Waals surface area contributed by atoms with Gasteiger partial charge >= 0.3 is 0 Å². The van der Waals surface area contributed by atoms with Gasteiger partial charge in [-0.1, -0.05) is 17.7 Å². The van der Waals surface area contributed by atoms with Gasteiger partial charge in [0.2, 0.25) is 0 Å². The zero-order chi connectivity index (χ0) is 15.4. The number of ether oxygens (including phenoxy) is 1. The quantitative estimate of drug-likeness (QED) is 0.759. The van der Waals surface area contributed by atoms with Crippen molar-refractivity contribution in [2.45, 2.75) is 6.54 Å². The standard InChI is InChI=1S/C15H14ClNO4/c1-21-14-4-2-3-12(16)11(14)8-17-15(20)10-7-9(18)5-6-13(10)19/h2-7,18-19H,8H2,1H3,(H,17,20). The van der Waals surface area contributed by atoms with Crippen molar-refractivity contribution in [3.63, 3.8) is 0 Å². The Bertz CT molecular complexity index is 673. The Balaban J connectivity index is 2.17. The summed E-state index contributed by atoms with van der Waals surface area (Å²) in [5.74, 6) is -0.280. The van der Waals surface area contributed by atoms with Gasteiger partial charge in [0.1, 0.15) is 17.2 Å². The van der Waals surface area contributed by atoms with Crippen molar-refractivity contribution < 1.29 is 19.7 Å². The maximum Gasteiger partial charge on any atom is 0.255 e. The molecule has 3 N–H and O–H groups in total. The van der Waals surface area contributed by atoms with Gasteiger partial charge in [-0.05, 0) is 30.3 Å². The van der Waals surface area contributed by atoms with Crippen LogP contribution in [0.25, 0.3) is 0 Å². The predicted molar refractivity (Wildman–Crippen MR) is 78.9 cm³/mol. The number of halogens is 1. The minimum Gasteiger partial charge on any atom is -0.508 e. The molecule has 0 saturated heterocycles. The van der Waals surface area contributed by atoms with Crippen molar-refractivity contribution >= 4 is 17.5 Å². The van der Waals surface area contributed by atoms with E-state index in [1.54, 1.807) is 18.2 Å². The van der Waals surface area contributed by atoms with Crippen LogP contribution < -0.4 is 10.1 Å². The van der Waals surface area contributed by atoms with Crippen LogP contribution >= 0.6 is 11.6 Å². The molecular formula is C15H14ClNO4. The molecule has 0 radical (unpaired) electrons. The molecule has 110 valence electrons. The monoisotopic (exact) mass is 307 g/mol. The minimum atomic E-state index is -0.523.